The standard InChI is InChI=1S/C15H17N3/c1-2-14-5-3-4-8-18(14)15-7-6-12(10-16)13(9-15)11-17/h6-7,9,14H,2-5,8H2,1H3/t14-/m1/s1. The van der Waals surface area contributed by atoms with Gasteiger partial charge < -0.3 is 4.90 Å². The van der Waals surface area contributed by atoms with Crippen LogP contribution in [0, 0.1) is 22.7 Å². The van der Waals surface area contributed by atoms with Crippen LogP contribution in [0.15, 0.2) is 18.2 Å². The third-order valence-electron chi connectivity index (χ3n) is 3.67. The van der Waals surface area contributed by atoms with Crippen molar-refractivity contribution in [2.75, 3.05) is 11.4 Å². The second-order valence-corrected chi connectivity index (χ2v) is 4.70. The van der Waals surface area contributed by atoms with Crippen LogP contribution >= 0.6 is 0 Å². The van der Waals surface area contributed by atoms with E-state index in [0.717, 1.165) is 18.7 Å². The quantitative estimate of drug-likeness (QED) is 0.796. The molecule has 0 radical (unpaired) electrons. The normalized spacial score (nSPS) is 19.1. The molecule has 0 N–H and O–H groups in total. The van der Waals surface area contributed by atoms with Crippen molar-refractivity contribution < 1.29 is 0 Å². The van der Waals surface area contributed by atoms with Gasteiger partial charge in [-0.1, -0.05) is 6.92 Å². The molecule has 1 heterocycles. The predicted octanol–water partition coefficient (Wildman–Crippen LogP) is 3.20. The summed E-state index contributed by atoms with van der Waals surface area (Å²) in [5.74, 6) is 0. The van der Waals surface area contributed by atoms with Crippen molar-refractivity contribution in [3.05, 3.63) is 29.3 Å². The van der Waals surface area contributed by atoms with E-state index in [1.807, 2.05) is 12.1 Å². The van der Waals surface area contributed by atoms with Crippen LogP contribution in [0.5, 0.6) is 0 Å². The molecule has 2 rings (SSSR count). The van der Waals surface area contributed by atoms with E-state index in [-0.39, 0.29) is 0 Å². The lowest BCUT2D eigenvalue weighted by Gasteiger charge is -2.37. The Labute approximate surface area is 108 Å². The summed E-state index contributed by atoms with van der Waals surface area (Å²) >= 11 is 0. The van der Waals surface area contributed by atoms with Crippen LogP contribution in [0.25, 0.3) is 0 Å². The topological polar surface area (TPSA) is 50.8 Å². The molecule has 0 saturated carbocycles. The van der Waals surface area contributed by atoms with Gasteiger partial charge in [0.15, 0.2) is 0 Å². The smallest absolute Gasteiger partial charge is 0.101 e. The second kappa shape index (κ2) is 5.56. The van der Waals surface area contributed by atoms with Crippen LogP contribution in [0.4, 0.5) is 5.69 Å². The molecular formula is C15H17N3. The van der Waals surface area contributed by atoms with E-state index in [0.29, 0.717) is 17.2 Å². The Bertz CT molecular complexity index is 507. The summed E-state index contributed by atoms with van der Waals surface area (Å²) in [4.78, 5) is 2.38. The molecule has 3 nitrogen and oxygen atoms in total. The Morgan fingerprint density at radius 2 is 2.00 bits per heavy atom. The first-order valence-electron chi connectivity index (χ1n) is 6.51. The van der Waals surface area contributed by atoms with Crippen molar-refractivity contribution in [1.82, 2.24) is 0 Å². The van der Waals surface area contributed by atoms with Gasteiger partial charge in [-0.05, 0) is 43.9 Å². The van der Waals surface area contributed by atoms with Crippen LogP contribution in [-0.4, -0.2) is 12.6 Å². The fraction of sp³-hybridized carbons (Fsp3) is 0.467. The molecule has 1 saturated heterocycles. The van der Waals surface area contributed by atoms with E-state index < -0.39 is 0 Å². The third-order valence-corrected chi connectivity index (χ3v) is 3.67. The molecule has 0 unspecified atom stereocenters. The first-order valence-corrected chi connectivity index (χ1v) is 6.51. The van der Waals surface area contributed by atoms with Crippen molar-refractivity contribution >= 4 is 5.69 Å². The molecule has 1 aliphatic heterocycles. The van der Waals surface area contributed by atoms with E-state index in [4.69, 9.17) is 10.5 Å². The largest absolute Gasteiger partial charge is 0.369 e. The van der Waals surface area contributed by atoms with E-state index in [2.05, 4.69) is 24.0 Å². The maximum atomic E-state index is 9.08. The highest BCUT2D eigenvalue weighted by atomic mass is 15.2. The zero-order valence-corrected chi connectivity index (χ0v) is 10.7. The zero-order valence-electron chi connectivity index (χ0n) is 10.7. The van der Waals surface area contributed by atoms with E-state index in [1.54, 1.807) is 6.07 Å². The highest BCUT2D eigenvalue weighted by molar-refractivity contribution is 5.58. The summed E-state index contributed by atoms with van der Waals surface area (Å²) in [5, 5.41) is 18.0. The lowest BCUT2D eigenvalue weighted by atomic mass is 9.98. The predicted molar refractivity (Wildman–Crippen MR) is 71.1 cm³/mol. The van der Waals surface area contributed by atoms with Gasteiger partial charge in [-0.3, -0.25) is 0 Å². The van der Waals surface area contributed by atoms with Gasteiger partial charge in [0.05, 0.1) is 11.1 Å². The molecule has 0 aliphatic carbocycles. The molecule has 1 fully saturated rings. The van der Waals surface area contributed by atoms with E-state index >= 15 is 0 Å². The number of rotatable bonds is 2. The minimum atomic E-state index is 0.464. The Hall–Kier alpha value is -2.00. The monoisotopic (exact) mass is 239 g/mol. The molecule has 0 spiro atoms. The molecule has 92 valence electrons. The highest BCUT2D eigenvalue weighted by Crippen LogP contribution is 2.27. The average Bonchev–Trinajstić information content (AvgIpc) is 2.46. The Morgan fingerprint density at radius 3 is 2.67 bits per heavy atom. The molecule has 0 aromatic heterocycles. The Morgan fingerprint density at radius 1 is 1.22 bits per heavy atom. The SMILES string of the molecule is CC[C@@H]1CCCCN1c1ccc(C#N)c(C#N)c1. The number of nitrogens with zero attached hydrogens (tertiary/aromatic N) is 3. The molecule has 1 aliphatic rings. The second-order valence-electron chi connectivity index (χ2n) is 4.70. The molecule has 1 atom stereocenters. The summed E-state index contributed by atoms with van der Waals surface area (Å²) in [6.45, 7) is 3.26. The van der Waals surface area contributed by atoms with E-state index in [9.17, 15) is 0 Å². The van der Waals surface area contributed by atoms with Crippen molar-refractivity contribution in [1.29, 1.82) is 10.5 Å². The number of benzene rings is 1. The minimum absolute atomic E-state index is 0.464. The van der Waals surface area contributed by atoms with Gasteiger partial charge in [0.1, 0.15) is 12.1 Å². The van der Waals surface area contributed by atoms with Crippen molar-refractivity contribution in [2.24, 2.45) is 0 Å². The minimum Gasteiger partial charge on any atom is -0.369 e. The summed E-state index contributed by atoms with van der Waals surface area (Å²) < 4.78 is 0. The Balaban J connectivity index is 2.33. The lowest BCUT2D eigenvalue weighted by molar-refractivity contribution is 0.450. The number of hydrogen-bond acceptors (Lipinski definition) is 3. The van der Waals surface area contributed by atoms with Crippen LogP contribution in [0.3, 0.4) is 0 Å². The number of nitriles is 2. The summed E-state index contributed by atoms with van der Waals surface area (Å²) in [7, 11) is 0. The van der Waals surface area contributed by atoms with E-state index in [1.165, 1.54) is 19.3 Å². The van der Waals surface area contributed by atoms with Gasteiger partial charge in [0.2, 0.25) is 0 Å². The number of piperidine rings is 1. The van der Waals surface area contributed by atoms with Crippen LogP contribution in [-0.2, 0) is 0 Å². The maximum absolute atomic E-state index is 9.08. The number of anilines is 1. The first-order chi connectivity index (χ1) is 8.80. The summed E-state index contributed by atoms with van der Waals surface area (Å²) in [6.07, 6.45) is 4.84. The first kappa shape index (κ1) is 12.5. The van der Waals surface area contributed by atoms with Gasteiger partial charge in [0, 0.05) is 18.3 Å². The van der Waals surface area contributed by atoms with Crippen LogP contribution in [0.1, 0.15) is 43.7 Å². The molecule has 1 aromatic rings. The van der Waals surface area contributed by atoms with Crippen LogP contribution in [0.2, 0.25) is 0 Å². The summed E-state index contributed by atoms with van der Waals surface area (Å²) in [5.41, 5.74) is 2.03. The number of hydrogen-bond donors (Lipinski definition) is 0. The Kier molecular flexibility index (Phi) is 3.85. The molecule has 0 amide bonds. The van der Waals surface area contributed by atoms with Crippen LogP contribution < -0.4 is 4.90 Å². The van der Waals surface area contributed by atoms with Crippen molar-refractivity contribution in [3.63, 3.8) is 0 Å². The van der Waals surface area contributed by atoms with Gasteiger partial charge in [-0.25, -0.2) is 0 Å². The molecule has 1 aromatic carbocycles. The van der Waals surface area contributed by atoms with Gasteiger partial charge in [-0.2, -0.15) is 10.5 Å². The zero-order chi connectivity index (χ0) is 13.0. The maximum Gasteiger partial charge on any atom is 0.101 e. The molecule has 0 bridgehead atoms. The van der Waals surface area contributed by atoms with Gasteiger partial charge in [0.25, 0.3) is 0 Å². The fourth-order valence-electron chi connectivity index (χ4n) is 2.67. The fourth-order valence-corrected chi connectivity index (χ4v) is 2.67. The highest BCUT2D eigenvalue weighted by Gasteiger charge is 2.21. The summed E-state index contributed by atoms with van der Waals surface area (Å²) in [6, 6.07) is 10.3. The van der Waals surface area contributed by atoms with Crippen molar-refractivity contribution in [3.8, 4) is 12.1 Å². The molecular weight excluding hydrogens is 222 g/mol. The van der Waals surface area contributed by atoms with Gasteiger partial charge >= 0.3 is 0 Å². The van der Waals surface area contributed by atoms with Crippen molar-refractivity contribution in [2.45, 2.75) is 38.6 Å². The lowest BCUT2D eigenvalue weighted by Crippen LogP contribution is -2.39. The molecule has 3 heteroatoms. The third kappa shape index (κ3) is 2.31. The van der Waals surface area contributed by atoms with Gasteiger partial charge in [-0.15, -0.1) is 0 Å². The average molecular weight is 239 g/mol. The molecule has 18 heavy (non-hydrogen) atoms.